The molecule has 1 fully saturated rings. The normalized spacial score (nSPS) is 20.3. The lowest BCUT2D eigenvalue weighted by Gasteiger charge is -2.31. The molecule has 2 rings (SSSR count). The summed E-state index contributed by atoms with van der Waals surface area (Å²) >= 11 is 1.53. The Morgan fingerprint density at radius 1 is 1.65 bits per heavy atom. The zero-order valence-electron chi connectivity index (χ0n) is 9.25. The topological polar surface area (TPSA) is 83.6 Å². The maximum Gasteiger partial charge on any atom is 0.327 e. The summed E-state index contributed by atoms with van der Waals surface area (Å²) in [4.78, 5) is 24.4. The second-order valence-electron chi connectivity index (χ2n) is 3.76. The van der Waals surface area contributed by atoms with Gasteiger partial charge in [-0.05, 0) is 6.92 Å². The molecule has 1 aliphatic rings. The van der Waals surface area contributed by atoms with E-state index in [0.29, 0.717) is 18.0 Å². The van der Waals surface area contributed by atoms with Gasteiger partial charge in [-0.15, -0.1) is 0 Å². The number of carboxylic acid groups (broad SMARTS) is 1. The van der Waals surface area contributed by atoms with Crippen molar-refractivity contribution < 1.29 is 19.2 Å². The van der Waals surface area contributed by atoms with E-state index in [1.54, 1.807) is 6.92 Å². The molecule has 1 atom stereocenters. The molecule has 1 aromatic rings. The molecule has 0 saturated carbocycles. The Bertz CT molecular complexity index is 445. The highest BCUT2D eigenvalue weighted by Crippen LogP contribution is 2.19. The van der Waals surface area contributed by atoms with Gasteiger partial charge in [0.2, 0.25) is 5.76 Å². The highest BCUT2D eigenvalue weighted by Gasteiger charge is 2.34. The van der Waals surface area contributed by atoms with Crippen LogP contribution in [-0.4, -0.2) is 51.1 Å². The van der Waals surface area contributed by atoms with E-state index in [0.717, 1.165) is 5.75 Å². The highest BCUT2D eigenvalue weighted by molar-refractivity contribution is 7.99. The van der Waals surface area contributed by atoms with Crippen LogP contribution in [0.3, 0.4) is 0 Å². The molecule has 6 nitrogen and oxygen atoms in total. The average molecular weight is 256 g/mol. The molecule has 1 aliphatic heterocycles. The molecule has 1 saturated heterocycles. The van der Waals surface area contributed by atoms with E-state index in [4.69, 9.17) is 9.63 Å². The number of aliphatic carboxylic acids is 1. The van der Waals surface area contributed by atoms with Gasteiger partial charge in [-0.3, -0.25) is 4.79 Å². The van der Waals surface area contributed by atoms with Crippen LogP contribution in [-0.2, 0) is 4.79 Å². The van der Waals surface area contributed by atoms with Gasteiger partial charge in [0.25, 0.3) is 5.91 Å². The SMILES string of the molecule is Cc1cc(C(=O)N2CCSCC2C(=O)O)on1. The van der Waals surface area contributed by atoms with Crippen molar-refractivity contribution in [3.8, 4) is 0 Å². The van der Waals surface area contributed by atoms with Gasteiger partial charge in [-0.1, -0.05) is 5.16 Å². The molecule has 1 unspecified atom stereocenters. The lowest BCUT2D eigenvalue weighted by molar-refractivity contribution is -0.141. The van der Waals surface area contributed by atoms with Gasteiger partial charge in [0.05, 0.1) is 5.69 Å². The van der Waals surface area contributed by atoms with Crippen molar-refractivity contribution in [2.24, 2.45) is 0 Å². The summed E-state index contributed by atoms with van der Waals surface area (Å²) in [6.45, 7) is 2.13. The Kier molecular flexibility index (Phi) is 3.37. The standard InChI is InChI=1S/C10H12N2O4S/c1-6-4-8(16-11-6)9(13)12-2-3-17-5-7(12)10(14)15/h4,7H,2-3,5H2,1H3,(H,14,15). The van der Waals surface area contributed by atoms with Gasteiger partial charge in [0.15, 0.2) is 0 Å². The van der Waals surface area contributed by atoms with Crippen LogP contribution >= 0.6 is 11.8 Å². The van der Waals surface area contributed by atoms with Gasteiger partial charge in [0, 0.05) is 24.1 Å². The van der Waals surface area contributed by atoms with E-state index in [1.807, 2.05) is 0 Å². The van der Waals surface area contributed by atoms with E-state index >= 15 is 0 Å². The van der Waals surface area contributed by atoms with Crippen molar-refractivity contribution in [3.05, 3.63) is 17.5 Å². The zero-order chi connectivity index (χ0) is 12.4. The molecule has 0 aromatic carbocycles. The highest BCUT2D eigenvalue weighted by atomic mass is 32.2. The Labute approximate surface area is 102 Å². The van der Waals surface area contributed by atoms with Crippen molar-refractivity contribution in [1.82, 2.24) is 10.1 Å². The van der Waals surface area contributed by atoms with Crippen LogP contribution in [0, 0.1) is 6.92 Å². The number of nitrogens with zero attached hydrogens (tertiary/aromatic N) is 2. The Balaban J connectivity index is 2.19. The molecule has 2 heterocycles. The molecule has 0 aliphatic carbocycles. The Hall–Kier alpha value is -1.50. The minimum absolute atomic E-state index is 0.0978. The molecular weight excluding hydrogens is 244 g/mol. The number of thioether (sulfide) groups is 1. The second kappa shape index (κ2) is 4.79. The minimum atomic E-state index is -0.984. The maximum atomic E-state index is 12.0. The van der Waals surface area contributed by atoms with Crippen LogP contribution in [0.15, 0.2) is 10.6 Å². The van der Waals surface area contributed by atoms with Crippen LogP contribution in [0.5, 0.6) is 0 Å². The van der Waals surface area contributed by atoms with Crippen molar-refractivity contribution in [1.29, 1.82) is 0 Å². The largest absolute Gasteiger partial charge is 0.480 e. The van der Waals surface area contributed by atoms with Crippen LogP contribution in [0.4, 0.5) is 0 Å². The number of amides is 1. The summed E-state index contributed by atoms with van der Waals surface area (Å²) in [7, 11) is 0. The fourth-order valence-corrected chi connectivity index (χ4v) is 2.70. The fraction of sp³-hybridized carbons (Fsp3) is 0.500. The molecule has 1 amide bonds. The van der Waals surface area contributed by atoms with Gasteiger partial charge in [-0.25, -0.2) is 4.79 Å². The first-order valence-electron chi connectivity index (χ1n) is 5.14. The zero-order valence-corrected chi connectivity index (χ0v) is 10.1. The number of rotatable bonds is 2. The molecule has 0 bridgehead atoms. The molecule has 1 aromatic heterocycles. The lowest BCUT2D eigenvalue weighted by Crippen LogP contribution is -2.50. The number of carbonyl (C=O) groups is 2. The third-order valence-electron chi connectivity index (χ3n) is 2.51. The number of carboxylic acids is 1. The summed E-state index contributed by atoms with van der Waals surface area (Å²) < 4.78 is 4.87. The van der Waals surface area contributed by atoms with Gasteiger partial charge in [0.1, 0.15) is 6.04 Å². The minimum Gasteiger partial charge on any atom is -0.480 e. The summed E-state index contributed by atoms with van der Waals surface area (Å²) in [6, 6.07) is 0.731. The van der Waals surface area contributed by atoms with E-state index in [2.05, 4.69) is 5.16 Å². The van der Waals surface area contributed by atoms with Crippen LogP contribution in [0.1, 0.15) is 16.2 Å². The molecule has 17 heavy (non-hydrogen) atoms. The van der Waals surface area contributed by atoms with Gasteiger partial charge >= 0.3 is 5.97 Å². The first-order chi connectivity index (χ1) is 8.09. The first kappa shape index (κ1) is 12.0. The number of aryl methyl sites for hydroxylation is 1. The summed E-state index contributed by atoms with van der Waals surface area (Å²) in [6.07, 6.45) is 0. The smallest absolute Gasteiger partial charge is 0.327 e. The average Bonchev–Trinajstić information content (AvgIpc) is 2.75. The molecule has 7 heteroatoms. The van der Waals surface area contributed by atoms with E-state index in [-0.39, 0.29) is 5.76 Å². The summed E-state index contributed by atoms with van der Waals surface area (Å²) in [5, 5.41) is 12.7. The van der Waals surface area contributed by atoms with E-state index in [9.17, 15) is 9.59 Å². The van der Waals surface area contributed by atoms with Crippen LogP contribution in [0.2, 0.25) is 0 Å². The van der Waals surface area contributed by atoms with Gasteiger partial charge < -0.3 is 14.5 Å². The quantitative estimate of drug-likeness (QED) is 0.835. The lowest BCUT2D eigenvalue weighted by atomic mass is 10.2. The number of hydrogen-bond acceptors (Lipinski definition) is 5. The van der Waals surface area contributed by atoms with Crippen molar-refractivity contribution >= 4 is 23.6 Å². The van der Waals surface area contributed by atoms with Crippen LogP contribution < -0.4 is 0 Å². The van der Waals surface area contributed by atoms with E-state index in [1.165, 1.54) is 22.7 Å². The van der Waals surface area contributed by atoms with Gasteiger partial charge in [-0.2, -0.15) is 11.8 Å². The first-order valence-corrected chi connectivity index (χ1v) is 6.30. The summed E-state index contributed by atoms with van der Waals surface area (Å²) in [5.41, 5.74) is 0.603. The van der Waals surface area contributed by atoms with Crippen molar-refractivity contribution in [2.75, 3.05) is 18.1 Å². The predicted octanol–water partition coefficient (Wildman–Crippen LogP) is 0.625. The Morgan fingerprint density at radius 3 is 3.00 bits per heavy atom. The monoisotopic (exact) mass is 256 g/mol. The molecule has 0 spiro atoms. The molecule has 1 N–H and O–H groups in total. The molecule has 92 valence electrons. The summed E-state index contributed by atoms with van der Waals surface area (Å²) in [5.74, 6) is -0.141. The number of aromatic nitrogens is 1. The molecule has 0 radical (unpaired) electrons. The predicted molar refractivity (Wildman–Crippen MR) is 61.0 cm³/mol. The Morgan fingerprint density at radius 2 is 2.41 bits per heavy atom. The second-order valence-corrected chi connectivity index (χ2v) is 4.91. The third-order valence-corrected chi connectivity index (χ3v) is 3.54. The number of hydrogen-bond donors (Lipinski definition) is 1. The van der Waals surface area contributed by atoms with Crippen molar-refractivity contribution in [2.45, 2.75) is 13.0 Å². The van der Waals surface area contributed by atoms with E-state index < -0.39 is 17.9 Å². The maximum absolute atomic E-state index is 12.0. The fourth-order valence-electron chi connectivity index (χ4n) is 1.66. The molecular formula is C10H12N2O4S. The third kappa shape index (κ3) is 2.44. The number of carbonyl (C=O) groups excluding carboxylic acids is 1. The van der Waals surface area contributed by atoms with Crippen molar-refractivity contribution in [3.63, 3.8) is 0 Å². The van der Waals surface area contributed by atoms with Crippen LogP contribution in [0.25, 0.3) is 0 Å².